The second-order valence-corrected chi connectivity index (χ2v) is 6.53. The van der Waals surface area contributed by atoms with E-state index in [0.29, 0.717) is 12.4 Å². The van der Waals surface area contributed by atoms with Crippen LogP contribution in [-0.4, -0.2) is 53.9 Å². The van der Waals surface area contributed by atoms with E-state index in [1.165, 1.54) is 6.42 Å². The highest BCUT2D eigenvalue weighted by Gasteiger charge is 2.28. The quantitative estimate of drug-likeness (QED) is 0.902. The van der Waals surface area contributed by atoms with E-state index in [4.69, 9.17) is 9.47 Å². The molecule has 2 aromatic rings. The molecule has 1 aromatic carbocycles. The number of phenolic OH excluding ortho intramolecular Hbond substituents is 1. The van der Waals surface area contributed by atoms with Crippen molar-refractivity contribution >= 4 is 11.4 Å². The number of likely N-dealkylation sites (tertiary alicyclic amines) is 1. The van der Waals surface area contributed by atoms with Gasteiger partial charge in [-0.15, -0.1) is 0 Å². The van der Waals surface area contributed by atoms with Gasteiger partial charge in [0.15, 0.2) is 0 Å². The predicted molar refractivity (Wildman–Crippen MR) is 96.0 cm³/mol. The van der Waals surface area contributed by atoms with Crippen LogP contribution in [0.15, 0.2) is 36.7 Å². The van der Waals surface area contributed by atoms with Crippen molar-refractivity contribution < 1.29 is 14.6 Å². The van der Waals surface area contributed by atoms with Crippen molar-refractivity contribution in [2.24, 2.45) is 0 Å². The summed E-state index contributed by atoms with van der Waals surface area (Å²) in [4.78, 5) is 8.88. The lowest BCUT2D eigenvalue weighted by molar-refractivity contribution is 0.0201. The standard InChI is InChI=1S/C19H23N3O3/c1-2-5-21-12-17(13-21)25-16-8-14(10-20-11-16)22-6-7-24-19-9-15(23)3-4-18(19)22/h3-4,8-11,17,23H,2,5-7,12-13H2,1H3. The van der Waals surface area contributed by atoms with Crippen molar-refractivity contribution in [2.75, 3.05) is 37.7 Å². The number of aromatic hydroxyl groups is 1. The molecule has 132 valence electrons. The van der Waals surface area contributed by atoms with E-state index in [2.05, 4.69) is 21.7 Å². The van der Waals surface area contributed by atoms with E-state index >= 15 is 0 Å². The van der Waals surface area contributed by atoms with Gasteiger partial charge < -0.3 is 19.5 Å². The molecule has 1 fully saturated rings. The second-order valence-electron chi connectivity index (χ2n) is 6.53. The molecule has 0 spiro atoms. The van der Waals surface area contributed by atoms with E-state index < -0.39 is 0 Å². The zero-order chi connectivity index (χ0) is 17.2. The van der Waals surface area contributed by atoms with Gasteiger partial charge in [0.05, 0.1) is 30.3 Å². The first kappa shape index (κ1) is 16.0. The number of ether oxygens (including phenoxy) is 2. The molecule has 0 bridgehead atoms. The van der Waals surface area contributed by atoms with Crippen LogP contribution in [0, 0.1) is 0 Å². The number of pyridine rings is 1. The molecular weight excluding hydrogens is 318 g/mol. The van der Waals surface area contributed by atoms with Crippen molar-refractivity contribution in [3.05, 3.63) is 36.7 Å². The van der Waals surface area contributed by atoms with Crippen LogP contribution in [0.2, 0.25) is 0 Å². The minimum absolute atomic E-state index is 0.206. The summed E-state index contributed by atoms with van der Waals surface area (Å²) in [5.41, 5.74) is 1.90. The molecule has 1 N–H and O–H groups in total. The first-order valence-electron chi connectivity index (χ1n) is 8.80. The lowest BCUT2D eigenvalue weighted by Gasteiger charge is -2.39. The van der Waals surface area contributed by atoms with Gasteiger partial charge in [-0.05, 0) is 25.1 Å². The van der Waals surface area contributed by atoms with Crippen LogP contribution in [0.1, 0.15) is 13.3 Å². The van der Waals surface area contributed by atoms with Crippen molar-refractivity contribution in [3.63, 3.8) is 0 Å². The van der Waals surface area contributed by atoms with Gasteiger partial charge in [-0.2, -0.15) is 0 Å². The minimum atomic E-state index is 0.206. The Balaban J connectivity index is 1.49. The Morgan fingerprint density at radius 3 is 3.00 bits per heavy atom. The molecule has 1 saturated heterocycles. The van der Waals surface area contributed by atoms with Crippen molar-refractivity contribution in [1.82, 2.24) is 9.88 Å². The average Bonchev–Trinajstić information content (AvgIpc) is 2.59. The lowest BCUT2D eigenvalue weighted by Crippen LogP contribution is -2.53. The van der Waals surface area contributed by atoms with Gasteiger partial charge in [-0.3, -0.25) is 9.88 Å². The van der Waals surface area contributed by atoms with E-state index in [0.717, 1.165) is 43.3 Å². The van der Waals surface area contributed by atoms with Crippen LogP contribution in [-0.2, 0) is 0 Å². The fourth-order valence-electron chi connectivity index (χ4n) is 3.38. The molecule has 0 radical (unpaired) electrons. The highest BCUT2D eigenvalue weighted by molar-refractivity contribution is 5.71. The number of rotatable bonds is 5. The summed E-state index contributed by atoms with van der Waals surface area (Å²) in [5, 5.41) is 9.65. The molecule has 0 atom stereocenters. The van der Waals surface area contributed by atoms with Gasteiger partial charge in [-0.25, -0.2) is 0 Å². The number of hydrogen-bond donors (Lipinski definition) is 1. The highest BCUT2D eigenvalue weighted by atomic mass is 16.5. The van der Waals surface area contributed by atoms with Crippen LogP contribution in [0.5, 0.6) is 17.2 Å². The minimum Gasteiger partial charge on any atom is -0.508 e. The van der Waals surface area contributed by atoms with E-state index in [9.17, 15) is 5.11 Å². The molecule has 0 unspecified atom stereocenters. The Hall–Kier alpha value is -2.47. The molecule has 1 aromatic heterocycles. The molecule has 6 heteroatoms. The summed E-state index contributed by atoms with van der Waals surface area (Å²) < 4.78 is 11.7. The molecule has 0 amide bonds. The molecule has 2 aliphatic rings. The van der Waals surface area contributed by atoms with Crippen LogP contribution >= 0.6 is 0 Å². The topological polar surface area (TPSA) is 58.1 Å². The number of benzene rings is 1. The lowest BCUT2D eigenvalue weighted by atomic mass is 10.1. The molecule has 3 heterocycles. The number of aromatic nitrogens is 1. The Kier molecular flexibility index (Phi) is 4.36. The Labute approximate surface area is 147 Å². The largest absolute Gasteiger partial charge is 0.508 e. The number of fused-ring (bicyclic) bond motifs is 1. The smallest absolute Gasteiger partial charge is 0.146 e. The zero-order valence-electron chi connectivity index (χ0n) is 14.4. The van der Waals surface area contributed by atoms with Crippen LogP contribution in [0.4, 0.5) is 11.4 Å². The van der Waals surface area contributed by atoms with E-state index in [1.54, 1.807) is 18.3 Å². The van der Waals surface area contributed by atoms with Gasteiger partial charge in [0.1, 0.15) is 30.0 Å². The Morgan fingerprint density at radius 2 is 2.16 bits per heavy atom. The summed E-state index contributed by atoms with van der Waals surface area (Å²) in [6.07, 6.45) is 5.02. The normalized spacial score (nSPS) is 17.6. The van der Waals surface area contributed by atoms with Crippen LogP contribution < -0.4 is 14.4 Å². The number of phenols is 1. The molecular formula is C19H23N3O3. The number of nitrogens with zero attached hydrogens (tertiary/aromatic N) is 3. The number of anilines is 2. The molecule has 6 nitrogen and oxygen atoms in total. The maximum Gasteiger partial charge on any atom is 0.146 e. The van der Waals surface area contributed by atoms with Gasteiger partial charge in [0.25, 0.3) is 0 Å². The molecule has 25 heavy (non-hydrogen) atoms. The summed E-state index contributed by atoms with van der Waals surface area (Å²) >= 11 is 0. The molecule has 4 rings (SSSR count). The third-order valence-corrected chi connectivity index (χ3v) is 4.58. The first-order valence-corrected chi connectivity index (χ1v) is 8.80. The van der Waals surface area contributed by atoms with Gasteiger partial charge >= 0.3 is 0 Å². The summed E-state index contributed by atoms with van der Waals surface area (Å²) in [5.74, 6) is 1.69. The first-order chi connectivity index (χ1) is 12.2. The Bertz CT molecular complexity index is 746. The summed E-state index contributed by atoms with van der Waals surface area (Å²) in [6, 6.07) is 7.21. The van der Waals surface area contributed by atoms with Gasteiger partial charge in [0, 0.05) is 25.2 Å². The van der Waals surface area contributed by atoms with Gasteiger partial charge in [-0.1, -0.05) is 6.92 Å². The fraction of sp³-hybridized carbons (Fsp3) is 0.421. The molecule has 0 saturated carbocycles. The molecule has 0 aliphatic carbocycles. The third-order valence-electron chi connectivity index (χ3n) is 4.58. The van der Waals surface area contributed by atoms with E-state index in [-0.39, 0.29) is 11.9 Å². The highest BCUT2D eigenvalue weighted by Crippen LogP contribution is 2.39. The van der Waals surface area contributed by atoms with Crippen molar-refractivity contribution in [2.45, 2.75) is 19.4 Å². The maximum atomic E-state index is 9.65. The fourth-order valence-corrected chi connectivity index (χ4v) is 3.38. The number of hydrogen-bond acceptors (Lipinski definition) is 6. The average molecular weight is 341 g/mol. The monoisotopic (exact) mass is 341 g/mol. The van der Waals surface area contributed by atoms with Crippen LogP contribution in [0.3, 0.4) is 0 Å². The summed E-state index contributed by atoms with van der Waals surface area (Å²) in [7, 11) is 0. The van der Waals surface area contributed by atoms with Crippen molar-refractivity contribution in [3.8, 4) is 17.2 Å². The molecule has 2 aliphatic heterocycles. The van der Waals surface area contributed by atoms with Gasteiger partial charge in [0.2, 0.25) is 0 Å². The predicted octanol–water partition coefficient (Wildman–Crippen LogP) is 2.79. The van der Waals surface area contributed by atoms with Crippen LogP contribution in [0.25, 0.3) is 0 Å². The Morgan fingerprint density at radius 1 is 1.28 bits per heavy atom. The zero-order valence-corrected chi connectivity index (χ0v) is 14.4. The van der Waals surface area contributed by atoms with E-state index in [1.807, 2.05) is 18.3 Å². The van der Waals surface area contributed by atoms with Crippen molar-refractivity contribution in [1.29, 1.82) is 0 Å². The third kappa shape index (κ3) is 3.35. The summed E-state index contributed by atoms with van der Waals surface area (Å²) in [6.45, 7) is 6.60. The maximum absolute atomic E-state index is 9.65. The second kappa shape index (κ2) is 6.80. The SMILES string of the molecule is CCCN1CC(Oc2cncc(N3CCOc4cc(O)ccc43)c2)C1.